The number of hydrogen-bond donors (Lipinski definition) is 3. The highest BCUT2D eigenvalue weighted by atomic mass is 28.4. The Morgan fingerprint density at radius 2 is 1.59 bits per heavy atom. The largest absolute Gasteiger partial charge is 0.500 e. The van der Waals surface area contributed by atoms with Gasteiger partial charge in [-0.1, -0.05) is 0 Å². The second kappa shape index (κ2) is 14.0. The normalized spacial score (nSPS) is 10.9. The van der Waals surface area contributed by atoms with E-state index in [1.54, 1.807) is 28.3 Å². The van der Waals surface area contributed by atoms with Crippen molar-refractivity contribution in [1.29, 1.82) is 0 Å². The van der Waals surface area contributed by atoms with Crippen LogP contribution < -0.4 is 11.1 Å². The minimum Gasteiger partial charge on any atom is -0.397 e. The fourth-order valence-corrected chi connectivity index (χ4v) is 2.94. The van der Waals surface area contributed by atoms with E-state index in [9.17, 15) is 0 Å². The van der Waals surface area contributed by atoms with Gasteiger partial charge in [0.15, 0.2) is 0 Å². The van der Waals surface area contributed by atoms with Gasteiger partial charge in [-0.25, -0.2) is 0 Å². The van der Waals surface area contributed by atoms with Crippen LogP contribution in [0.2, 0.25) is 6.04 Å². The van der Waals surface area contributed by atoms with E-state index in [-0.39, 0.29) is 6.61 Å². The van der Waals surface area contributed by atoms with Crippen molar-refractivity contribution in [1.82, 2.24) is 5.32 Å². The first-order valence-electron chi connectivity index (χ1n) is 5.83. The average Bonchev–Trinajstić information content (AvgIpc) is 2.36. The molecule has 0 rings (SSSR count). The first-order valence-corrected chi connectivity index (χ1v) is 7.76. The molecule has 0 fully saturated rings. The summed E-state index contributed by atoms with van der Waals surface area (Å²) in [4.78, 5) is 0. The number of nitrogens with one attached hydrogen (secondary N) is 1. The summed E-state index contributed by atoms with van der Waals surface area (Å²) < 4.78 is 15.9. The van der Waals surface area contributed by atoms with Crippen LogP contribution >= 0.6 is 0 Å². The highest BCUT2D eigenvalue weighted by molar-refractivity contribution is 6.60. The van der Waals surface area contributed by atoms with Gasteiger partial charge in [-0.3, -0.25) is 0 Å². The number of aliphatic hydroxyl groups excluding tert-OH is 1. The molecular formula is C10H28N2O4Si. The second-order valence-electron chi connectivity index (χ2n) is 3.25. The third kappa shape index (κ3) is 10.8. The SMILES string of the molecule is CCO.CO[Si](CCCNCCN)(OC)OC. The monoisotopic (exact) mass is 268 g/mol. The van der Waals surface area contributed by atoms with Gasteiger partial charge in [0.2, 0.25) is 0 Å². The van der Waals surface area contributed by atoms with Crippen molar-refractivity contribution in [3.8, 4) is 0 Å². The summed E-state index contributed by atoms with van der Waals surface area (Å²) in [5, 5.41) is 10.8. The molecule has 17 heavy (non-hydrogen) atoms. The van der Waals surface area contributed by atoms with Gasteiger partial charge < -0.3 is 29.4 Å². The molecule has 4 N–H and O–H groups in total. The minimum atomic E-state index is -2.35. The van der Waals surface area contributed by atoms with E-state index in [0.717, 1.165) is 25.6 Å². The molecule has 0 bridgehead atoms. The predicted molar refractivity (Wildman–Crippen MR) is 70.9 cm³/mol. The van der Waals surface area contributed by atoms with E-state index >= 15 is 0 Å². The van der Waals surface area contributed by atoms with Crippen molar-refractivity contribution in [3.05, 3.63) is 0 Å². The molecule has 7 heteroatoms. The number of aliphatic hydroxyl groups is 1. The first-order chi connectivity index (χ1) is 8.16. The molecule has 0 aromatic rings. The number of hydrogen-bond acceptors (Lipinski definition) is 6. The topological polar surface area (TPSA) is 86.0 Å². The van der Waals surface area contributed by atoms with Crippen LogP contribution in [0.25, 0.3) is 0 Å². The van der Waals surface area contributed by atoms with Crippen molar-refractivity contribution in [3.63, 3.8) is 0 Å². The van der Waals surface area contributed by atoms with Crippen LogP contribution in [0, 0.1) is 0 Å². The molecule has 0 saturated heterocycles. The summed E-state index contributed by atoms with van der Waals surface area (Å²) in [5.41, 5.74) is 5.35. The van der Waals surface area contributed by atoms with Crippen LogP contribution in [0.15, 0.2) is 0 Å². The van der Waals surface area contributed by atoms with E-state index in [1.165, 1.54) is 0 Å². The summed E-state index contributed by atoms with van der Waals surface area (Å²) in [6.45, 7) is 4.37. The fraction of sp³-hybridized carbons (Fsp3) is 1.00. The van der Waals surface area contributed by atoms with E-state index in [0.29, 0.717) is 6.54 Å². The Kier molecular flexibility index (Phi) is 16.0. The zero-order valence-corrected chi connectivity index (χ0v) is 12.5. The minimum absolute atomic E-state index is 0.250. The highest BCUT2D eigenvalue weighted by Crippen LogP contribution is 2.13. The lowest BCUT2D eigenvalue weighted by Crippen LogP contribution is -2.43. The maximum atomic E-state index is 7.57. The average molecular weight is 268 g/mol. The molecule has 0 aromatic heterocycles. The summed E-state index contributed by atoms with van der Waals surface area (Å²) in [7, 11) is 2.55. The van der Waals surface area contributed by atoms with Gasteiger partial charge in [0.25, 0.3) is 0 Å². The molecule has 106 valence electrons. The Labute approximate surface area is 106 Å². The Balaban J connectivity index is 0. The Morgan fingerprint density at radius 3 is 1.94 bits per heavy atom. The highest BCUT2D eigenvalue weighted by Gasteiger charge is 2.36. The third-order valence-corrected chi connectivity index (χ3v) is 4.92. The van der Waals surface area contributed by atoms with Crippen molar-refractivity contribution in [2.75, 3.05) is 47.6 Å². The summed E-state index contributed by atoms with van der Waals surface area (Å²) >= 11 is 0. The van der Waals surface area contributed by atoms with E-state index < -0.39 is 8.80 Å². The summed E-state index contributed by atoms with van der Waals surface area (Å²) in [6.07, 6.45) is 0.974. The van der Waals surface area contributed by atoms with Crippen LogP contribution in [0.5, 0.6) is 0 Å². The standard InChI is InChI=1S/C8H22N2O3Si.C2H6O/c1-11-14(12-2,13-3)8-4-6-10-7-5-9;1-2-3/h10H,4-9H2,1-3H3;3H,2H2,1H3. The van der Waals surface area contributed by atoms with Gasteiger partial charge in [-0.05, 0) is 19.9 Å². The molecule has 0 atom stereocenters. The van der Waals surface area contributed by atoms with Crippen LogP contribution in [0.1, 0.15) is 13.3 Å². The molecule has 0 aromatic carbocycles. The van der Waals surface area contributed by atoms with E-state index in [4.69, 9.17) is 24.1 Å². The van der Waals surface area contributed by atoms with Gasteiger partial charge in [0, 0.05) is 47.1 Å². The molecule has 6 nitrogen and oxygen atoms in total. The van der Waals surface area contributed by atoms with E-state index in [1.807, 2.05) is 0 Å². The lowest BCUT2D eigenvalue weighted by molar-refractivity contribution is 0.123. The zero-order chi connectivity index (χ0) is 13.6. The van der Waals surface area contributed by atoms with Gasteiger partial charge in [0.05, 0.1) is 0 Å². The summed E-state index contributed by atoms with van der Waals surface area (Å²) in [5.74, 6) is 0. The molecule has 0 heterocycles. The quantitative estimate of drug-likeness (QED) is 0.397. The van der Waals surface area contributed by atoms with Crippen molar-refractivity contribution in [2.45, 2.75) is 19.4 Å². The lowest BCUT2D eigenvalue weighted by Gasteiger charge is -2.24. The zero-order valence-electron chi connectivity index (χ0n) is 11.5. The van der Waals surface area contributed by atoms with Crippen molar-refractivity contribution < 1.29 is 18.4 Å². The van der Waals surface area contributed by atoms with Crippen LogP contribution in [-0.2, 0) is 13.3 Å². The number of rotatable bonds is 9. The Bertz CT molecular complexity index is 140. The smallest absolute Gasteiger partial charge is 0.397 e. The summed E-state index contributed by atoms with van der Waals surface area (Å²) in [6, 6.07) is 0.827. The molecule has 0 radical (unpaired) electrons. The molecule has 0 aliphatic rings. The van der Waals surface area contributed by atoms with E-state index in [2.05, 4.69) is 5.32 Å². The number of nitrogens with two attached hydrogens (primary N) is 1. The maximum absolute atomic E-state index is 7.57. The Hall–Kier alpha value is -0.0231. The molecule has 0 amide bonds. The van der Waals surface area contributed by atoms with Crippen LogP contribution in [-0.4, -0.2) is 61.5 Å². The third-order valence-electron chi connectivity index (χ3n) is 2.09. The van der Waals surface area contributed by atoms with Crippen LogP contribution in [0.4, 0.5) is 0 Å². The fourth-order valence-electron chi connectivity index (χ4n) is 1.21. The molecule has 0 aliphatic carbocycles. The Morgan fingerprint density at radius 1 is 1.12 bits per heavy atom. The molecule has 0 spiro atoms. The first kappa shape index (κ1) is 19.3. The predicted octanol–water partition coefficient (Wildman–Crippen LogP) is -0.198. The maximum Gasteiger partial charge on any atom is 0.500 e. The lowest BCUT2D eigenvalue weighted by atomic mass is 10.5. The van der Waals surface area contributed by atoms with Gasteiger partial charge in [-0.15, -0.1) is 0 Å². The van der Waals surface area contributed by atoms with Gasteiger partial charge in [0.1, 0.15) is 0 Å². The van der Waals surface area contributed by atoms with Crippen molar-refractivity contribution in [2.24, 2.45) is 5.73 Å². The van der Waals surface area contributed by atoms with Crippen LogP contribution in [0.3, 0.4) is 0 Å². The molecular weight excluding hydrogens is 240 g/mol. The molecule has 0 unspecified atom stereocenters. The van der Waals surface area contributed by atoms with Gasteiger partial charge >= 0.3 is 8.80 Å². The second-order valence-corrected chi connectivity index (χ2v) is 6.34. The molecule has 0 saturated carbocycles. The molecule has 0 aliphatic heterocycles. The van der Waals surface area contributed by atoms with Crippen molar-refractivity contribution >= 4 is 8.80 Å². The van der Waals surface area contributed by atoms with Gasteiger partial charge in [-0.2, -0.15) is 0 Å².